The summed E-state index contributed by atoms with van der Waals surface area (Å²) >= 11 is 0. The highest BCUT2D eigenvalue weighted by Crippen LogP contribution is 2.27. The summed E-state index contributed by atoms with van der Waals surface area (Å²) in [6.07, 6.45) is 0.715. The van der Waals surface area contributed by atoms with Gasteiger partial charge >= 0.3 is 0 Å². The Hall–Kier alpha value is -1.11. The van der Waals surface area contributed by atoms with Crippen LogP contribution in [0.3, 0.4) is 0 Å². The summed E-state index contributed by atoms with van der Waals surface area (Å²) in [4.78, 5) is 0.353. The molecular weight excluding hydrogens is 288 g/mol. The third-order valence-corrected chi connectivity index (χ3v) is 5.47. The predicted molar refractivity (Wildman–Crippen MR) is 86.2 cm³/mol. The summed E-state index contributed by atoms with van der Waals surface area (Å²) in [5.74, 6) is 0. The molecule has 2 N–H and O–H groups in total. The summed E-state index contributed by atoms with van der Waals surface area (Å²) in [6.45, 7) is 8.70. The summed E-state index contributed by atoms with van der Waals surface area (Å²) in [7, 11) is -3.57. The van der Waals surface area contributed by atoms with Gasteiger partial charge in [-0.15, -0.1) is 0 Å². The van der Waals surface area contributed by atoms with Gasteiger partial charge in [-0.05, 0) is 50.5 Å². The van der Waals surface area contributed by atoms with Crippen molar-refractivity contribution < 1.29 is 13.5 Å². The Balaban J connectivity index is 3.30. The molecule has 0 amide bonds. The first-order valence-electron chi connectivity index (χ1n) is 7.34. The zero-order valence-corrected chi connectivity index (χ0v) is 14.1. The van der Waals surface area contributed by atoms with Crippen LogP contribution >= 0.6 is 0 Å². The summed E-state index contributed by atoms with van der Waals surface area (Å²) < 4.78 is 27.0. The van der Waals surface area contributed by atoms with Gasteiger partial charge in [-0.25, -0.2) is 8.42 Å². The third kappa shape index (κ3) is 4.18. The Labute approximate surface area is 128 Å². The maximum atomic E-state index is 12.8. The highest BCUT2D eigenvalue weighted by atomic mass is 32.2. The topological polar surface area (TPSA) is 69.6 Å². The zero-order chi connectivity index (χ0) is 16.0. The molecule has 0 spiro atoms. The van der Waals surface area contributed by atoms with E-state index < -0.39 is 10.0 Å². The van der Waals surface area contributed by atoms with Gasteiger partial charge in [0.2, 0.25) is 10.0 Å². The van der Waals surface area contributed by atoms with Crippen molar-refractivity contribution in [3.05, 3.63) is 23.3 Å². The predicted octanol–water partition coefficient (Wildman–Crippen LogP) is 2.13. The Morgan fingerprint density at radius 1 is 1.14 bits per heavy atom. The fraction of sp³-hybridized carbons (Fsp3) is 0.600. The van der Waals surface area contributed by atoms with Crippen LogP contribution in [-0.4, -0.2) is 44.1 Å². The third-order valence-electron chi connectivity index (χ3n) is 3.26. The molecule has 0 fully saturated rings. The quantitative estimate of drug-likeness (QED) is 0.771. The van der Waals surface area contributed by atoms with E-state index in [1.165, 1.54) is 4.31 Å². The molecule has 1 aromatic rings. The van der Waals surface area contributed by atoms with E-state index in [2.05, 4.69) is 5.32 Å². The lowest BCUT2D eigenvalue weighted by molar-refractivity contribution is 0.253. The van der Waals surface area contributed by atoms with Crippen LogP contribution < -0.4 is 5.32 Å². The average molecular weight is 314 g/mol. The molecule has 0 aliphatic carbocycles. The molecule has 0 radical (unpaired) electrons. The Kier molecular flexibility index (Phi) is 6.64. The van der Waals surface area contributed by atoms with Gasteiger partial charge in [0.05, 0.1) is 11.5 Å². The normalized spacial score (nSPS) is 11.9. The van der Waals surface area contributed by atoms with Gasteiger partial charge in [0.1, 0.15) is 0 Å². The van der Waals surface area contributed by atoms with Crippen molar-refractivity contribution in [3.63, 3.8) is 0 Å². The second-order valence-corrected chi connectivity index (χ2v) is 6.97. The van der Waals surface area contributed by atoms with E-state index in [1.807, 2.05) is 39.8 Å². The first-order valence-corrected chi connectivity index (χ1v) is 8.78. The van der Waals surface area contributed by atoms with Gasteiger partial charge in [0.25, 0.3) is 0 Å². The van der Waals surface area contributed by atoms with Gasteiger partial charge in [0, 0.05) is 25.3 Å². The van der Waals surface area contributed by atoms with Crippen molar-refractivity contribution >= 4 is 15.7 Å². The number of nitrogens with one attached hydrogen (secondary N) is 1. The largest absolute Gasteiger partial charge is 0.395 e. The molecular formula is C15H26N2O3S. The fourth-order valence-electron chi connectivity index (χ4n) is 2.51. The molecule has 0 aliphatic rings. The van der Waals surface area contributed by atoms with Gasteiger partial charge < -0.3 is 10.4 Å². The minimum Gasteiger partial charge on any atom is -0.395 e. The van der Waals surface area contributed by atoms with Crippen LogP contribution in [0.15, 0.2) is 17.0 Å². The van der Waals surface area contributed by atoms with Crippen LogP contribution in [0, 0.1) is 13.8 Å². The second kappa shape index (κ2) is 7.77. The summed E-state index contributed by atoms with van der Waals surface area (Å²) in [5, 5.41) is 12.3. The highest BCUT2D eigenvalue weighted by molar-refractivity contribution is 7.89. The SMILES string of the molecule is CCCN(CCO)S(=O)(=O)c1c(C)cc(NCC)cc1C. The molecule has 0 bridgehead atoms. The number of nitrogens with zero attached hydrogens (tertiary/aromatic N) is 1. The molecule has 1 aromatic carbocycles. The molecule has 0 saturated carbocycles. The highest BCUT2D eigenvalue weighted by Gasteiger charge is 2.27. The molecule has 0 atom stereocenters. The van der Waals surface area contributed by atoms with E-state index in [4.69, 9.17) is 5.11 Å². The van der Waals surface area contributed by atoms with E-state index in [1.54, 1.807) is 0 Å². The van der Waals surface area contributed by atoms with Crippen molar-refractivity contribution in [1.29, 1.82) is 0 Å². The lowest BCUT2D eigenvalue weighted by Gasteiger charge is -2.23. The number of benzene rings is 1. The monoisotopic (exact) mass is 314 g/mol. The van der Waals surface area contributed by atoms with Crippen molar-refractivity contribution in [2.45, 2.75) is 39.0 Å². The first kappa shape index (κ1) is 17.9. The smallest absolute Gasteiger partial charge is 0.243 e. The second-order valence-electron chi connectivity index (χ2n) is 5.10. The molecule has 0 aromatic heterocycles. The molecule has 0 unspecified atom stereocenters. The lowest BCUT2D eigenvalue weighted by Crippen LogP contribution is -2.35. The van der Waals surface area contributed by atoms with Gasteiger partial charge in [-0.1, -0.05) is 6.92 Å². The Bertz CT molecular complexity index is 541. The molecule has 1 rings (SSSR count). The number of sulfonamides is 1. The van der Waals surface area contributed by atoms with Gasteiger partial charge in [-0.2, -0.15) is 4.31 Å². The van der Waals surface area contributed by atoms with Gasteiger partial charge in [-0.3, -0.25) is 0 Å². The first-order chi connectivity index (χ1) is 9.88. The maximum Gasteiger partial charge on any atom is 0.243 e. The number of hydrogen-bond acceptors (Lipinski definition) is 4. The molecule has 120 valence electrons. The van der Waals surface area contributed by atoms with E-state index >= 15 is 0 Å². The number of hydrogen-bond donors (Lipinski definition) is 2. The molecule has 21 heavy (non-hydrogen) atoms. The van der Waals surface area contributed by atoms with E-state index in [9.17, 15) is 8.42 Å². The van der Waals surface area contributed by atoms with Crippen LogP contribution in [0.25, 0.3) is 0 Å². The molecule has 5 nitrogen and oxygen atoms in total. The number of aryl methyl sites for hydroxylation is 2. The number of rotatable bonds is 8. The number of aliphatic hydroxyl groups excluding tert-OH is 1. The molecule has 0 heterocycles. The van der Waals surface area contributed by atoms with Crippen molar-refractivity contribution in [3.8, 4) is 0 Å². The molecule has 0 aliphatic heterocycles. The zero-order valence-electron chi connectivity index (χ0n) is 13.3. The van der Waals surface area contributed by atoms with E-state index in [-0.39, 0.29) is 13.2 Å². The standard InChI is InChI=1S/C15H26N2O3S/c1-5-7-17(8-9-18)21(19,20)15-12(3)10-14(16-6-2)11-13(15)4/h10-11,16,18H,5-9H2,1-4H3. The van der Waals surface area contributed by atoms with Crippen LogP contribution in [-0.2, 0) is 10.0 Å². The Morgan fingerprint density at radius 2 is 1.71 bits per heavy atom. The average Bonchev–Trinajstić information content (AvgIpc) is 2.37. The van der Waals surface area contributed by atoms with Crippen LogP contribution in [0.5, 0.6) is 0 Å². The number of anilines is 1. The lowest BCUT2D eigenvalue weighted by atomic mass is 10.1. The van der Waals surface area contributed by atoms with Crippen LogP contribution in [0.4, 0.5) is 5.69 Å². The molecule has 0 saturated heterocycles. The fourth-order valence-corrected chi connectivity index (χ4v) is 4.44. The van der Waals surface area contributed by atoms with E-state index in [0.29, 0.717) is 17.9 Å². The van der Waals surface area contributed by atoms with Gasteiger partial charge in [0.15, 0.2) is 0 Å². The minimum absolute atomic E-state index is 0.129. The van der Waals surface area contributed by atoms with Crippen molar-refractivity contribution in [2.75, 3.05) is 31.6 Å². The summed E-state index contributed by atoms with van der Waals surface area (Å²) in [6, 6.07) is 3.71. The van der Waals surface area contributed by atoms with Crippen LogP contribution in [0.1, 0.15) is 31.4 Å². The minimum atomic E-state index is -3.57. The van der Waals surface area contributed by atoms with Crippen LogP contribution in [0.2, 0.25) is 0 Å². The summed E-state index contributed by atoms with van der Waals surface area (Å²) in [5.41, 5.74) is 2.38. The van der Waals surface area contributed by atoms with Crippen molar-refractivity contribution in [2.24, 2.45) is 0 Å². The number of aliphatic hydroxyl groups is 1. The molecule has 6 heteroatoms. The van der Waals surface area contributed by atoms with Crippen molar-refractivity contribution in [1.82, 2.24) is 4.31 Å². The maximum absolute atomic E-state index is 12.8. The Morgan fingerprint density at radius 3 is 2.14 bits per heavy atom. The van der Waals surface area contributed by atoms with E-state index in [0.717, 1.165) is 23.4 Å².